The van der Waals surface area contributed by atoms with Gasteiger partial charge in [-0.15, -0.1) is 0 Å². The smallest absolute Gasteiger partial charge is 0.317 e. The summed E-state index contributed by atoms with van der Waals surface area (Å²) in [5.41, 5.74) is 1.07. The van der Waals surface area contributed by atoms with Crippen molar-refractivity contribution >= 4 is 22.0 Å². The molecular weight excluding hydrogens is 412 g/mol. The molecule has 2 aromatic rings. The predicted molar refractivity (Wildman–Crippen MR) is 105 cm³/mol. The van der Waals surface area contributed by atoms with Crippen LogP contribution in [0.5, 0.6) is 0 Å². The monoisotopic (exact) mass is 436 g/mol. The molecule has 1 aromatic heterocycles. The summed E-state index contributed by atoms with van der Waals surface area (Å²) in [6.07, 6.45) is 1.31. The Morgan fingerprint density at radius 3 is 3.04 bits per heavy atom. The van der Waals surface area contributed by atoms with E-state index in [1.807, 2.05) is 38.1 Å². The number of aryl methyl sites for hydroxylation is 1. The lowest BCUT2D eigenvalue weighted by Crippen LogP contribution is -2.47. The van der Waals surface area contributed by atoms with Crippen molar-refractivity contribution in [3.63, 3.8) is 0 Å². The number of urea groups is 1. The maximum absolute atomic E-state index is 12.4. The standard InChI is InChI=1S/C19H25BrN4O3/c1-13(2)18-22-17(27-23-18)7-4-8-21-19(25)24-9-10-26-16(12-24)14-5-3-6-15(20)11-14/h3,5-6,11,13,16H,4,7-10,12H2,1-2H3,(H,21,25). The van der Waals surface area contributed by atoms with Gasteiger partial charge in [0.15, 0.2) is 5.82 Å². The van der Waals surface area contributed by atoms with E-state index < -0.39 is 0 Å². The minimum absolute atomic E-state index is 0.0632. The fourth-order valence-electron chi connectivity index (χ4n) is 2.89. The molecule has 8 heteroatoms. The number of rotatable bonds is 6. The van der Waals surface area contributed by atoms with E-state index in [1.54, 1.807) is 4.90 Å². The van der Waals surface area contributed by atoms with Crippen molar-refractivity contribution in [2.24, 2.45) is 0 Å². The molecule has 1 aliphatic rings. The molecule has 0 saturated carbocycles. The summed E-state index contributed by atoms with van der Waals surface area (Å²) in [4.78, 5) is 18.6. The number of ether oxygens (including phenoxy) is 1. The Kier molecular flexibility index (Phi) is 6.84. The van der Waals surface area contributed by atoms with Crippen LogP contribution >= 0.6 is 15.9 Å². The average molecular weight is 437 g/mol. The second-order valence-electron chi connectivity index (χ2n) is 6.90. The van der Waals surface area contributed by atoms with E-state index in [9.17, 15) is 4.79 Å². The molecule has 2 amide bonds. The van der Waals surface area contributed by atoms with Gasteiger partial charge in [0.05, 0.1) is 13.2 Å². The van der Waals surface area contributed by atoms with Crippen molar-refractivity contribution in [1.82, 2.24) is 20.4 Å². The summed E-state index contributed by atoms with van der Waals surface area (Å²) in [5.74, 6) is 1.59. The molecule has 0 aliphatic carbocycles. The summed E-state index contributed by atoms with van der Waals surface area (Å²) >= 11 is 3.48. The zero-order valence-electron chi connectivity index (χ0n) is 15.7. The van der Waals surface area contributed by atoms with Crippen LogP contribution in [-0.4, -0.2) is 47.3 Å². The maximum Gasteiger partial charge on any atom is 0.317 e. The Balaban J connectivity index is 1.43. The molecular formula is C19H25BrN4O3. The van der Waals surface area contributed by atoms with Crippen LogP contribution in [0.2, 0.25) is 0 Å². The first-order chi connectivity index (χ1) is 13.0. The summed E-state index contributed by atoms with van der Waals surface area (Å²) in [6.45, 7) is 6.29. The number of nitrogens with one attached hydrogen (secondary N) is 1. The van der Waals surface area contributed by atoms with Crippen molar-refractivity contribution in [2.45, 2.75) is 38.7 Å². The van der Waals surface area contributed by atoms with Gasteiger partial charge < -0.3 is 19.5 Å². The van der Waals surface area contributed by atoms with Crippen LogP contribution in [0, 0.1) is 0 Å². The first-order valence-electron chi connectivity index (χ1n) is 9.25. The highest BCUT2D eigenvalue weighted by molar-refractivity contribution is 9.10. The molecule has 1 fully saturated rings. The Hall–Kier alpha value is -1.93. The fourth-order valence-corrected chi connectivity index (χ4v) is 3.31. The molecule has 2 heterocycles. The van der Waals surface area contributed by atoms with Crippen LogP contribution in [0.25, 0.3) is 0 Å². The van der Waals surface area contributed by atoms with Crippen molar-refractivity contribution in [1.29, 1.82) is 0 Å². The molecule has 1 atom stereocenters. The zero-order valence-corrected chi connectivity index (χ0v) is 17.2. The number of hydrogen-bond donors (Lipinski definition) is 1. The van der Waals surface area contributed by atoms with Gasteiger partial charge in [-0.1, -0.05) is 47.1 Å². The van der Waals surface area contributed by atoms with Crippen LogP contribution in [0.1, 0.15) is 49.6 Å². The first-order valence-corrected chi connectivity index (χ1v) is 10.0. The van der Waals surface area contributed by atoms with E-state index in [4.69, 9.17) is 9.26 Å². The molecule has 146 valence electrons. The minimum Gasteiger partial charge on any atom is -0.370 e. The second-order valence-corrected chi connectivity index (χ2v) is 7.81. The molecule has 0 radical (unpaired) electrons. The quantitative estimate of drug-likeness (QED) is 0.698. The number of nitrogens with zero attached hydrogens (tertiary/aromatic N) is 3. The Labute approximate surface area is 167 Å². The van der Waals surface area contributed by atoms with E-state index in [1.165, 1.54) is 0 Å². The first kappa shape index (κ1) is 19.8. The molecule has 1 N–H and O–H groups in total. The number of amides is 2. The van der Waals surface area contributed by atoms with Gasteiger partial charge in [0.2, 0.25) is 5.89 Å². The van der Waals surface area contributed by atoms with Crippen molar-refractivity contribution in [3.8, 4) is 0 Å². The van der Waals surface area contributed by atoms with Gasteiger partial charge in [0.25, 0.3) is 0 Å². The normalized spacial score (nSPS) is 17.3. The van der Waals surface area contributed by atoms with Crippen LogP contribution in [0.15, 0.2) is 33.3 Å². The van der Waals surface area contributed by atoms with Crippen LogP contribution < -0.4 is 5.32 Å². The summed E-state index contributed by atoms with van der Waals surface area (Å²) in [7, 11) is 0. The lowest BCUT2D eigenvalue weighted by Gasteiger charge is -2.33. The van der Waals surface area contributed by atoms with Crippen LogP contribution in [0.4, 0.5) is 4.79 Å². The molecule has 7 nitrogen and oxygen atoms in total. The third-order valence-corrected chi connectivity index (χ3v) is 4.91. The SMILES string of the molecule is CC(C)c1noc(CCCNC(=O)N2CCOC(c3cccc(Br)c3)C2)n1. The van der Waals surface area contributed by atoms with E-state index in [0.29, 0.717) is 38.6 Å². The van der Waals surface area contributed by atoms with E-state index >= 15 is 0 Å². The zero-order chi connectivity index (χ0) is 19.2. The second kappa shape index (κ2) is 9.32. The largest absolute Gasteiger partial charge is 0.370 e. The molecule has 1 aromatic carbocycles. The molecule has 1 saturated heterocycles. The molecule has 3 rings (SSSR count). The molecule has 1 unspecified atom stereocenters. The van der Waals surface area contributed by atoms with Crippen molar-refractivity contribution < 1.29 is 14.1 Å². The van der Waals surface area contributed by atoms with Gasteiger partial charge in [-0.2, -0.15) is 4.98 Å². The van der Waals surface area contributed by atoms with E-state index in [0.717, 1.165) is 22.3 Å². The average Bonchev–Trinajstić information content (AvgIpc) is 3.14. The number of morpholine rings is 1. The Bertz CT molecular complexity index is 765. The number of hydrogen-bond acceptors (Lipinski definition) is 5. The van der Waals surface area contributed by atoms with Gasteiger partial charge in [-0.05, 0) is 24.1 Å². The highest BCUT2D eigenvalue weighted by atomic mass is 79.9. The van der Waals surface area contributed by atoms with Gasteiger partial charge in [-0.3, -0.25) is 0 Å². The van der Waals surface area contributed by atoms with Crippen LogP contribution in [-0.2, 0) is 11.2 Å². The van der Waals surface area contributed by atoms with E-state index in [-0.39, 0.29) is 18.1 Å². The number of carbonyl (C=O) groups excluding carboxylic acids is 1. The summed E-state index contributed by atoms with van der Waals surface area (Å²) in [6, 6.07) is 7.94. The highest BCUT2D eigenvalue weighted by Crippen LogP contribution is 2.24. The van der Waals surface area contributed by atoms with Crippen LogP contribution in [0.3, 0.4) is 0 Å². The fraction of sp³-hybridized carbons (Fsp3) is 0.526. The predicted octanol–water partition coefficient (Wildman–Crippen LogP) is 3.67. The van der Waals surface area contributed by atoms with Gasteiger partial charge >= 0.3 is 6.03 Å². The Morgan fingerprint density at radius 1 is 1.44 bits per heavy atom. The number of carbonyl (C=O) groups is 1. The maximum atomic E-state index is 12.4. The van der Waals surface area contributed by atoms with E-state index in [2.05, 4.69) is 31.4 Å². The summed E-state index contributed by atoms with van der Waals surface area (Å²) < 4.78 is 12.1. The molecule has 0 spiro atoms. The van der Waals surface area contributed by atoms with Gasteiger partial charge in [0, 0.05) is 29.9 Å². The van der Waals surface area contributed by atoms with Gasteiger partial charge in [0.1, 0.15) is 6.10 Å². The lowest BCUT2D eigenvalue weighted by molar-refractivity contribution is -0.0154. The minimum atomic E-state index is -0.102. The number of aromatic nitrogens is 2. The lowest BCUT2D eigenvalue weighted by atomic mass is 10.1. The number of benzene rings is 1. The Morgan fingerprint density at radius 2 is 2.30 bits per heavy atom. The highest BCUT2D eigenvalue weighted by Gasteiger charge is 2.25. The van der Waals surface area contributed by atoms with Crippen molar-refractivity contribution in [3.05, 3.63) is 46.0 Å². The third-order valence-electron chi connectivity index (χ3n) is 4.42. The van der Waals surface area contributed by atoms with Gasteiger partial charge in [-0.25, -0.2) is 4.79 Å². The topological polar surface area (TPSA) is 80.5 Å². The molecule has 27 heavy (non-hydrogen) atoms. The third kappa shape index (κ3) is 5.52. The summed E-state index contributed by atoms with van der Waals surface area (Å²) in [5, 5.41) is 6.92. The molecule has 0 bridgehead atoms. The number of halogens is 1. The molecule has 1 aliphatic heterocycles. The van der Waals surface area contributed by atoms with Crippen molar-refractivity contribution in [2.75, 3.05) is 26.2 Å².